The van der Waals surface area contributed by atoms with Crippen LogP contribution >= 0.6 is 0 Å². The molecule has 1 N–H and O–H groups in total. The standard InChI is InChI=1S/C17H20N2O2/c1-12(2)14-7-9-16(10-8-14)18-13(3)15-5-4-6-17(11-15)19(20)21/h4-13,18H,1-3H3. The molecule has 1 atom stereocenters. The highest BCUT2D eigenvalue weighted by Gasteiger charge is 2.11. The lowest BCUT2D eigenvalue weighted by Crippen LogP contribution is -2.07. The summed E-state index contributed by atoms with van der Waals surface area (Å²) < 4.78 is 0. The Hall–Kier alpha value is -2.36. The van der Waals surface area contributed by atoms with Crippen molar-refractivity contribution in [3.63, 3.8) is 0 Å². The van der Waals surface area contributed by atoms with Gasteiger partial charge in [0.1, 0.15) is 0 Å². The zero-order chi connectivity index (χ0) is 15.4. The molecule has 0 spiro atoms. The molecule has 4 heteroatoms. The van der Waals surface area contributed by atoms with Crippen molar-refractivity contribution in [3.05, 3.63) is 69.8 Å². The minimum Gasteiger partial charge on any atom is -0.379 e. The summed E-state index contributed by atoms with van der Waals surface area (Å²) in [5, 5.41) is 14.2. The van der Waals surface area contributed by atoms with E-state index >= 15 is 0 Å². The van der Waals surface area contributed by atoms with Gasteiger partial charge >= 0.3 is 0 Å². The van der Waals surface area contributed by atoms with Gasteiger partial charge < -0.3 is 5.32 Å². The van der Waals surface area contributed by atoms with Crippen LogP contribution in [0.5, 0.6) is 0 Å². The third-order valence-corrected chi connectivity index (χ3v) is 3.54. The summed E-state index contributed by atoms with van der Waals surface area (Å²) in [5.74, 6) is 0.508. The van der Waals surface area contributed by atoms with E-state index in [0.717, 1.165) is 11.3 Å². The van der Waals surface area contributed by atoms with Crippen molar-refractivity contribution in [3.8, 4) is 0 Å². The first-order valence-electron chi connectivity index (χ1n) is 7.08. The largest absolute Gasteiger partial charge is 0.379 e. The van der Waals surface area contributed by atoms with Gasteiger partial charge in [0, 0.05) is 23.9 Å². The second-order valence-corrected chi connectivity index (χ2v) is 5.49. The highest BCUT2D eigenvalue weighted by Crippen LogP contribution is 2.24. The Morgan fingerprint density at radius 1 is 1.00 bits per heavy atom. The highest BCUT2D eigenvalue weighted by molar-refractivity contribution is 5.48. The summed E-state index contributed by atoms with van der Waals surface area (Å²) in [7, 11) is 0. The number of nitro benzene ring substituents is 1. The molecule has 0 aliphatic heterocycles. The lowest BCUT2D eigenvalue weighted by molar-refractivity contribution is -0.384. The first-order valence-corrected chi connectivity index (χ1v) is 7.08. The maximum Gasteiger partial charge on any atom is 0.269 e. The van der Waals surface area contributed by atoms with Gasteiger partial charge in [-0.3, -0.25) is 10.1 Å². The number of non-ortho nitro benzene ring substituents is 1. The first kappa shape index (κ1) is 15.0. The molecule has 0 aliphatic rings. The van der Waals surface area contributed by atoms with Crippen LogP contribution < -0.4 is 5.32 Å². The van der Waals surface area contributed by atoms with E-state index in [1.165, 1.54) is 11.6 Å². The number of hydrogen-bond acceptors (Lipinski definition) is 3. The number of benzene rings is 2. The van der Waals surface area contributed by atoms with Gasteiger partial charge in [-0.15, -0.1) is 0 Å². The summed E-state index contributed by atoms with van der Waals surface area (Å²) >= 11 is 0. The Morgan fingerprint density at radius 3 is 2.24 bits per heavy atom. The van der Waals surface area contributed by atoms with Crippen LogP contribution in [0.1, 0.15) is 43.9 Å². The smallest absolute Gasteiger partial charge is 0.269 e. The fourth-order valence-electron chi connectivity index (χ4n) is 2.21. The Bertz CT molecular complexity index is 621. The molecule has 0 amide bonds. The van der Waals surface area contributed by atoms with Gasteiger partial charge in [0.25, 0.3) is 5.69 Å². The molecule has 0 aromatic heterocycles. The predicted molar refractivity (Wildman–Crippen MR) is 85.7 cm³/mol. The van der Waals surface area contributed by atoms with E-state index in [-0.39, 0.29) is 16.7 Å². The molecule has 0 fully saturated rings. The second-order valence-electron chi connectivity index (χ2n) is 5.49. The van der Waals surface area contributed by atoms with E-state index in [1.54, 1.807) is 12.1 Å². The van der Waals surface area contributed by atoms with Crippen LogP contribution in [0.3, 0.4) is 0 Å². The fourth-order valence-corrected chi connectivity index (χ4v) is 2.21. The van der Waals surface area contributed by atoms with Crippen LogP contribution in [0.25, 0.3) is 0 Å². The van der Waals surface area contributed by atoms with Crippen molar-refractivity contribution in [1.82, 2.24) is 0 Å². The molecule has 21 heavy (non-hydrogen) atoms. The first-order chi connectivity index (χ1) is 9.97. The quantitative estimate of drug-likeness (QED) is 0.628. The third kappa shape index (κ3) is 3.81. The lowest BCUT2D eigenvalue weighted by atomic mass is 10.0. The van der Waals surface area contributed by atoms with Crippen molar-refractivity contribution >= 4 is 11.4 Å². The van der Waals surface area contributed by atoms with Crippen LogP contribution in [0.15, 0.2) is 48.5 Å². The zero-order valence-electron chi connectivity index (χ0n) is 12.5. The molecule has 2 rings (SSSR count). The molecular weight excluding hydrogens is 264 g/mol. The number of nitrogens with one attached hydrogen (secondary N) is 1. The van der Waals surface area contributed by atoms with Gasteiger partial charge in [-0.1, -0.05) is 38.1 Å². The molecule has 4 nitrogen and oxygen atoms in total. The number of nitrogens with zero attached hydrogens (tertiary/aromatic N) is 1. The van der Waals surface area contributed by atoms with E-state index in [0.29, 0.717) is 5.92 Å². The third-order valence-electron chi connectivity index (χ3n) is 3.54. The molecule has 0 radical (unpaired) electrons. The average molecular weight is 284 g/mol. The van der Waals surface area contributed by atoms with E-state index in [9.17, 15) is 10.1 Å². The summed E-state index contributed by atoms with van der Waals surface area (Å²) in [6.45, 7) is 6.32. The molecule has 2 aromatic carbocycles. The van der Waals surface area contributed by atoms with Gasteiger partial charge in [0.15, 0.2) is 0 Å². The van der Waals surface area contributed by atoms with E-state index in [1.807, 2.05) is 25.1 Å². The van der Waals surface area contributed by atoms with Crippen molar-refractivity contribution in [1.29, 1.82) is 0 Å². The summed E-state index contributed by atoms with van der Waals surface area (Å²) in [4.78, 5) is 10.5. The van der Waals surface area contributed by atoms with Gasteiger partial charge in [-0.2, -0.15) is 0 Å². The molecule has 0 saturated carbocycles. The Morgan fingerprint density at radius 2 is 1.67 bits per heavy atom. The monoisotopic (exact) mass is 284 g/mol. The normalized spacial score (nSPS) is 12.2. The van der Waals surface area contributed by atoms with Crippen molar-refractivity contribution < 1.29 is 4.92 Å². The number of anilines is 1. The predicted octanol–water partition coefficient (Wildman–Crippen LogP) is 4.89. The lowest BCUT2D eigenvalue weighted by Gasteiger charge is -2.16. The van der Waals surface area contributed by atoms with Gasteiger partial charge in [-0.25, -0.2) is 0 Å². The Balaban J connectivity index is 2.12. The average Bonchev–Trinajstić information content (AvgIpc) is 2.48. The minimum absolute atomic E-state index is 0.00907. The van der Waals surface area contributed by atoms with Crippen LogP contribution in [0, 0.1) is 10.1 Å². The number of nitro groups is 1. The van der Waals surface area contributed by atoms with E-state index in [2.05, 4.69) is 31.3 Å². The minimum atomic E-state index is -0.367. The highest BCUT2D eigenvalue weighted by atomic mass is 16.6. The van der Waals surface area contributed by atoms with E-state index in [4.69, 9.17) is 0 Å². The second kappa shape index (κ2) is 6.39. The van der Waals surface area contributed by atoms with Gasteiger partial charge in [0.2, 0.25) is 0 Å². The van der Waals surface area contributed by atoms with Crippen LogP contribution in [0.2, 0.25) is 0 Å². The molecule has 110 valence electrons. The van der Waals surface area contributed by atoms with Crippen molar-refractivity contribution in [2.45, 2.75) is 32.7 Å². The SMILES string of the molecule is CC(C)c1ccc(NC(C)c2cccc([N+](=O)[O-])c2)cc1. The summed E-state index contributed by atoms with van der Waals surface area (Å²) in [6, 6.07) is 15.0. The fraction of sp³-hybridized carbons (Fsp3) is 0.294. The molecule has 2 aromatic rings. The molecular formula is C17H20N2O2. The summed E-state index contributed by atoms with van der Waals surface area (Å²) in [6.07, 6.45) is 0. The topological polar surface area (TPSA) is 55.2 Å². The molecule has 1 unspecified atom stereocenters. The van der Waals surface area contributed by atoms with Crippen LogP contribution in [-0.2, 0) is 0 Å². The Labute approximate surface area is 125 Å². The molecule has 0 aliphatic carbocycles. The van der Waals surface area contributed by atoms with Crippen LogP contribution in [-0.4, -0.2) is 4.92 Å². The summed E-state index contributed by atoms with van der Waals surface area (Å²) in [5.41, 5.74) is 3.33. The van der Waals surface area contributed by atoms with Crippen LogP contribution in [0.4, 0.5) is 11.4 Å². The van der Waals surface area contributed by atoms with Gasteiger partial charge in [0.05, 0.1) is 4.92 Å². The Kier molecular flexibility index (Phi) is 4.58. The number of rotatable bonds is 5. The van der Waals surface area contributed by atoms with Crippen molar-refractivity contribution in [2.24, 2.45) is 0 Å². The molecule has 0 bridgehead atoms. The maximum atomic E-state index is 10.8. The maximum absolute atomic E-state index is 10.8. The molecule has 0 heterocycles. The van der Waals surface area contributed by atoms with E-state index < -0.39 is 0 Å². The zero-order valence-corrected chi connectivity index (χ0v) is 12.5. The van der Waals surface area contributed by atoms with Crippen molar-refractivity contribution in [2.75, 3.05) is 5.32 Å². The number of hydrogen-bond donors (Lipinski definition) is 1. The molecule has 0 saturated heterocycles. The van der Waals surface area contributed by atoms with Gasteiger partial charge in [-0.05, 0) is 36.1 Å².